The topological polar surface area (TPSA) is 52.6 Å². The summed E-state index contributed by atoms with van der Waals surface area (Å²) >= 11 is 0. The molecule has 0 radical (unpaired) electrons. The van der Waals surface area contributed by atoms with Crippen molar-refractivity contribution in [1.82, 2.24) is 4.90 Å². The van der Waals surface area contributed by atoms with Gasteiger partial charge in [-0.25, -0.2) is 0 Å². The molecular formula is C19H30N2O2. The zero-order chi connectivity index (χ0) is 16.9. The maximum atomic E-state index is 12.2. The molecule has 2 N–H and O–H groups in total. The van der Waals surface area contributed by atoms with Crippen molar-refractivity contribution in [2.45, 2.75) is 46.5 Å². The van der Waals surface area contributed by atoms with E-state index in [1.165, 1.54) is 0 Å². The number of aliphatic hydroxyl groups excluding tert-OH is 1. The Hall–Kier alpha value is -1.39. The van der Waals surface area contributed by atoms with Crippen LogP contribution in [0.3, 0.4) is 0 Å². The van der Waals surface area contributed by atoms with Crippen molar-refractivity contribution in [2.75, 3.05) is 31.6 Å². The summed E-state index contributed by atoms with van der Waals surface area (Å²) in [6, 6.07) is 6.05. The van der Waals surface area contributed by atoms with Crippen LogP contribution in [0.4, 0.5) is 5.69 Å². The fraction of sp³-hybridized carbons (Fsp3) is 0.632. The highest BCUT2D eigenvalue weighted by atomic mass is 16.3. The first kappa shape index (κ1) is 18.0. The van der Waals surface area contributed by atoms with Crippen LogP contribution in [0, 0.1) is 19.3 Å². The Morgan fingerprint density at radius 2 is 2.04 bits per heavy atom. The van der Waals surface area contributed by atoms with Crippen LogP contribution < -0.4 is 5.32 Å². The molecule has 0 aliphatic carbocycles. The largest absolute Gasteiger partial charge is 0.396 e. The molecule has 1 aromatic carbocycles. The van der Waals surface area contributed by atoms with Crippen LogP contribution in [0.25, 0.3) is 0 Å². The Morgan fingerprint density at radius 1 is 1.35 bits per heavy atom. The van der Waals surface area contributed by atoms with Crippen LogP contribution in [0.5, 0.6) is 0 Å². The molecule has 128 valence electrons. The van der Waals surface area contributed by atoms with Crippen LogP contribution in [-0.2, 0) is 4.79 Å². The smallest absolute Gasteiger partial charge is 0.224 e. The minimum absolute atomic E-state index is 0.0266. The van der Waals surface area contributed by atoms with Gasteiger partial charge in [0.2, 0.25) is 5.91 Å². The summed E-state index contributed by atoms with van der Waals surface area (Å²) in [5, 5.41) is 12.6. The summed E-state index contributed by atoms with van der Waals surface area (Å²) in [4.78, 5) is 14.6. The molecule has 23 heavy (non-hydrogen) atoms. The van der Waals surface area contributed by atoms with Crippen molar-refractivity contribution < 1.29 is 9.90 Å². The van der Waals surface area contributed by atoms with Crippen LogP contribution in [-0.4, -0.2) is 42.2 Å². The molecule has 4 nitrogen and oxygen atoms in total. The van der Waals surface area contributed by atoms with E-state index >= 15 is 0 Å². The van der Waals surface area contributed by atoms with E-state index in [0.29, 0.717) is 6.42 Å². The average Bonchev–Trinajstić information content (AvgIpc) is 2.51. The summed E-state index contributed by atoms with van der Waals surface area (Å²) in [5.41, 5.74) is 3.18. The number of anilines is 1. The number of para-hydroxylation sites is 1. The zero-order valence-corrected chi connectivity index (χ0v) is 14.7. The Balaban J connectivity index is 1.77. The molecule has 1 unspecified atom stereocenters. The lowest BCUT2D eigenvalue weighted by molar-refractivity contribution is -0.116. The van der Waals surface area contributed by atoms with Crippen molar-refractivity contribution in [3.8, 4) is 0 Å². The summed E-state index contributed by atoms with van der Waals surface area (Å²) in [6.45, 7) is 9.37. The number of carbonyl (C=O) groups excluding carboxylic acids is 1. The van der Waals surface area contributed by atoms with Gasteiger partial charge in [0.15, 0.2) is 0 Å². The van der Waals surface area contributed by atoms with Crippen LogP contribution in [0.2, 0.25) is 0 Å². The first-order valence-corrected chi connectivity index (χ1v) is 8.63. The van der Waals surface area contributed by atoms with E-state index in [1.807, 2.05) is 32.0 Å². The number of hydrogen-bond donors (Lipinski definition) is 2. The van der Waals surface area contributed by atoms with Gasteiger partial charge in [-0.3, -0.25) is 4.79 Å². The number of amides is 1. The molecule has 1 atom stereocenters. The van der Waals surface area contributed by atoms with Gasteiger partial charge in [0, 0.05) is 30.7 Å². The maximum Gasteiger partial charge on any atom is 0.224 e. The van der Waals surface area contributed by atoms with Gasteiger partial charge in [-0.1, -0.05) is 25.1 Å². The van der Waals surface area contributed by atoms with Crippen molar-refractivity contribution in [2.24, 2.45) is 5.41 Å². The second kappa shape index (κ2) is 7.93. The number of aryl methyl sites for hydroxylation is 2. The normalized spacial score (nSPS) is 22.1. The minimum Gasteiger partial charge on any atom is -0.396 e. The van der Waals surface area contributed by atoms with Crippen LogP contribution in [0.15, 0.2) is 18.2 Å². The molecule has 0 bridgehead atoms. The standard InChI is InChI=1S/C19H30N2O2/c1-15-7-4-8-16(2)18(15)20-17(23)9-5-11-21-12-6-10-19(3,13-21)14-22/h4,7-8,22H,5-6,9-14H2,1-3H3,(H,20,23). The monoisotopic (exact) mass is 318 g/mol. The molecule has 4 heteroatoms. The second-order valence-electron chi connectivity index (χ2n) is 7.27. The Bertz CT molecular complexity index is 524. The molecule has 2 rings (SSSR count). The average molecular weight is 318 g/mol. The van der Waals surface area contributed by atoms with E-state index in [4.69, 9.17) is 0 Å². The van der Waals surface area contributed by atoms with Gasteiger partial charge in [0.05, 0.1) is 0 Å². The number of carbonyl (C=O) groups is 1. The zero-order valence-electron chi connectivity index (χ0n) is 14.7. The van der Waals surface area contributed by atoms with Gasteiger partial charge in [-0.15, -0.1) is 0 Å². The Morgan fingerprint density at radius 3 is 2.70 bits per heavy atom. The molecule has 0 saturated carbocycles. The quantitative estimate of drug-likeness (QED) is 0.847. The predicted molar refractivity (Wildman–Crippen MR) is 94.6 cm³/mol. The predicted octanol–water partition coefficient (Wildman–Crippen LogP) is 3.12. The summed E-state index contributed by atoms with van der Waals surface area (Å²) in [5.74, 6) is 0.0873. The molecule has 1 heterocycles. The van der Waals surface area contributed by atoms with E-state index in [0.717, 1.165) is 55.7 Å². The third-order valence-corrected chi connectivity index (χ3v) is 4.87. The lowest BCUT2D eigenvalue weighted by Gasteiger charge is -2.39. The van der Waals surface area contributed by atoms with Gasteiger partial charge < -0.3 is 15.3 Å². The molecule has 0 spiro atoms. The van der Waals surface area contributed by atoms with E-state index in [2.05, 4.69) is 17.1 Å². The van der Waals surface area contributed by atoms with Gasteiger partial charge in [0.1, 0.15) is 0 Å². The summed E-state index contributed by atoms with van der Waals surface area (Å²) < 4.78 is 0. The third kappa shape index (κ3) is 5.05. The highest BCUT2D eigenvalue weighted by Crippen LogP contribution is 2.28. The number of nitrogens with one attached hydrogen (secondary N) is 1. The lowest BCUT2D eigenvalue weighted by Crippen LogP contribution is -2.44. The number of aliphatic hydroxyl groups is 1. The Labute approximate surface area is 139 Å². The molecule has 1 fully saturated rings. The SMILES string of the molecule is Cc1cccc(C)c1NC(=O)CCCN1CCCC(C)(CO)C1. The molecular weight excluding hydrogens is 288 g/mol. The van der Waals surface area contributed by atoms with E-state index in [9.17, 15) is 9.90 Å². The first-order chi connectivity index (χ1) is 10.9. The van der Waals surface area contributed by atoms with Crippen LogP contribution in [0.1, 0.15) is 43.7 Å². The van der Waals surface area contributed by atoms with Gasteiger partial charge in [-0.2, -0.15) is 0 Å². The van der Waals surface area contributed by atoms with Crippen molar-refractivity contribution in [3.63, 3.8) is 0 Å². The Kier molecular flexibility index (Phi) is 6.19. The second-order valence-corrected chi connectivity index (χ2v) is 7.27. The van der Waals surface area contributed by atoms with E-state index in [1.54, 1.807) is 0 Å². The fourth-order valence-corrected chi connectivity index (χ4v) is 3.42. The maximum absolute atomic E-state index is 12.2. The summed E-state index contributed by atoms with van der Waals surface area (Å²) in [7, 11) is 0. The molecule has 1 saturated heterocycles. The first-order valence-electron chi connectivity index (χ1n) is 8.63. The van der Waals surface area contributed by atoms with Gasteiger partial charge in [0.25, 0.3) is 0 Å². The highest BCUT2D eigenvalue weighted by molar-refractivity contribution is 5.92. The van der Waals surface area contributed by atoms with Gasteiger partial charge >= 0.3 is 0 Å². The number of nitrogens with zero attached hydrogens (tertiary/aromatic N) is 1. The number of piperidine rings is 1. The third-order valence-electron chi connectivity index (χ3n) is 4.87. The number of benzene rings is 1. The lowest BCUT2D eigenvalue weighted by atomic mass is 9.83. The van der Waals surface area contributed by atoms with E-state index < -0.39 is 0 Å². The van der Waals surface area contributed by atoms with Crippen molar-refractivity contribution in [1.29, 1.82) is 0 Å². The number of rotatable bonds is 6. The molecule has 1 aromatic rings. The molecule has 1 aliphatic rings. The molecule has 0 aromatic heterocycles. The van der Waals surface area contributed by atoms with Crippen molar-refractivity contribution in [3.05, 3.63) is 29.3 Å². The number of likely N-dealkylation sites (tertiary alicyclic amines) is 1. The minimum atomic E-state index is 0.0266. The van der Waals surface area contributed by atoms with Crippen molar-refractivity contribution >= 4 is 11.6 Å². The molecule has 1 amide bonds. The fourth-order valence-electron chi connectivity index (χ4n) is 3.42. The molecule has 1 aliphatic heterocycles. The highest BCUT2D eigenvalue weighted by Gasteiger charge is 2.29. The van der Waals surface area contributed by atoms with Gasteiger partial charge in [-0.05, 0) is 57.3 Å². The summed E-state index contributed by atoms with van der Waals surface area (Å²) in [6.07, 6.45) is 3.62. The van der Waals surface area contributed by atoms with E-state index in [-0.39, 0.29) is 17.9 Å². The number of hydrogen-bond acceptors (Lipinski definition) is 3. The van der Waals surface area contributed by atoms with Crippen LogP contribution >= 0.6 is 0 Å².